The van der Waals surface area contributed by atoms with Gasteiger partial charge in [-0.2, -0.15) is 0 Å². The molecule has 0 aromatic rings. The lowest BCUT2D eigenvalue weighted by Crippen LogP contribution is -2.41. The fourth-order valence-electron chi connectivity index (χ4n) is 4.89. The SMILES string of the molecule is BC1CCC(C2CC=C(C3CCC(O)C(Cl)C3F)CC2)CC1. The van der Waals surface area contributed by atoms with Gasteiger partial charge in [0.05, 0.1) is 11.5 Å². The van der Waals surface area contributed by atoms with Crippen LogP contribution in [0.25, 0.3) is 0 Å². The highest BCUT2D eigenvalue weighted by molar-refractivity contribution is 6.21. The first-order valence-corrected chi connectivity index (χ1v) is 9.65. The van der Waals surface area contributed by atoms with Crippen molar-refractivity contribution in [2.45, 2.75) is 81.3 Å². The number of halogens is 2. The Bertz CT molecular complexity index is 408. The summed E-state index contributed by atoms with van der Waals surface area (Å²) in [5.74, 6) is 2.57. The van der Waals surface area contributed by atoms with Crippen molar-refractivity contribution in [3.05, 3.63) is 11.6 Å². The van der Waals surface area contributed by atoms with Crippen molar-refractivity contribution in [3.63, 3.8) is 0 Å². The summed E-state index contributed by atoms with van der Waals surface area (Å²) in [5, 5.41) is 8.98. The van der Waals surface area contributed by atoms with Gasteiger partial charge in [-0.3, -0.25) is 0 Å². The van der Waals surface area contributed by atoms with Crippen LogP contribution in [-0.4, -0.2) is 30.6 Å². The molecule has 3 aliphatic rings. The second-order valence-corrected chi connectivity index (χ2v) is 8.48. The third-order valence-electron chi connectivity index (χ3n) is 6.52. The Balaban J connectivity index is 1.57. The molecule has 0 aromatic heterocycles. The van der Waals surface area contributed by atoms with Crippen molar-refractivity contribution in [3.8, 4) is 0 Å². The number of rotatable bonds is 2. The molecule has 0 aliphatic heterocycles. The minimum Gasteiger partial charge on any atom is -0.391 e. The van der Waals surface area contributed by atoms with Crippen LogP contribution in [0.4, 0.5) is 4.39 Å². The van der Waals surface area contributed by atoms with Gasteiger partial charge in [0.15, 0.2) is 0 Å². The van der Waals surface area contributed by atoms with Gasteiger partial charge in [0, 0.05) is 5.92 Å². The molecule has 0 radical (unpaired) electrons. The maximum Gasteiger partial charge on any atom is 0.125 e. The van der Waals surface area contributed by atoms with Crippen LogP contribution >= 0.6 is 11.6 Å². The third kappa shape index (κ3) is 3.56. The van der Waals surface area contributed by atoms with Crippen LogP contribution in [0.2, 0.25) is 5.82 Å². The molecule has 0 bridgehead atoms. The molecule has 4 heteroatoms. The highest BCUT2D eigenvalue weighted by Crippen LogP contribution is 2.44. The number of aliphatic hydroxyl groups is 1. The summed E-state index contributed by atoms with van der Waals surface area (Å²) in [6.45, 7) is 0. The summed E-state index contributed by atoms with van der Waals surface area (Å²) in [6.07, 6.45) is 10.9. The van der Waals surface area contributed by atoms with Crippen molar-refractivity contribution in [1.29, 1.82) is 0 Å². The summed E-state index contributed by atoms with van der Waals surface area (Å²) in [7, 11) is 2.37. The number of allylic oxidation sites excluding steroid dienone is 2. The predicted molar refractivity (Wildman–Crippen MR) is 92.9 cm³/mol. The third-order valence-corrected chi connectivity index (χ3v) is 7.05. The zero-order valence-electron chi connectivity index (χ0n) is 13.7. The molecule has 2 saturated carbocycles. The number of hydrogen-bond acceptors (Lipinski definition) is 1. The zero-order valence-corrected chi connectivity index (χ0v) is 14.4. The van der Waals surface area contributed by atoms with Crippen molar-refractivity contribution >= 4 is 19.4 Å². The topological polar surface area (TPSA) is 20.2 Å². The van der Waals surface area contributed by atoms with E-state index in [9.17, 15) is 9.50 Å². The molecule has 3 aliphatic carbocycles. The van der Waals surface area contributed by atoms with Crippen LogP contribution in [0, 0.1) is 17.8 Å². The molecule has 0 heterocycles. The Morgan fingerprint density at radius 2 is 1.77 bits per heavy atom. The average molecular weight is 327 g/mol. The number of hydrogen-bond donors (Lipinski definition) is 1. The Kier molecular flexibility index (Phi) is 5.55. The van der Waals surface area contributed by atoms with E-state index in [4.69, 9.17) is 11.6 Å². The molecule has 5 unspecified atom stereocenters. The van der Waals surface area contributed by atoms with E-state index < -0.39 is 17.7 Å². The molecule has 5 atom stereocenters. The van der Waals surface area contributed by atoms with E-state index in [2.05, 4.69) is 13.9 Å². The molecule has 1 nitrogen and oxygen atoms in total. The molecular weight excluding hydrogens is 297 g/mol. The van der Waals surface area contributed by atoms with E-state index in [1.54, 1.807) is 0 Å². The van der Waals surface area contributed by atoms with Crippen molar-refractivity contribution in [1.82, 2.24) is 0 Å². The smallest absolute Gasteiger partial charge is 0.125 e. The lowest BCUT2D eigenvalue weighted by atomic mass is 9.66. The molecular formula is C18H29BClFO. The van der Waals surface area contributed by atoms with Crippen LogP contribution in [0.5, 0.6) is 0 Å². The van der Waals surface area contributed by atoms with Gasteiger partial charge in [-0.05, 0) is 43.9 Å². The molecule has 0 aromatic carbocycles. The molecule has 0 amide bonds. The van der Waals surface area contributed by atoms with Crippen LogP contribution in [-0.2, 0) is 0 Å². The first-order chi connectivity index (χ1) is 10.6. The minimum absolute atomic E-state index is 0.0433. The van der Waals surface area contributed by atoms with Gasteiger partial charge in [-0.15, -0.1) is 11.6 Å². The van der Waals surface area contributed by atoms with Crippen LogP contribution in [0.3, 0.4) is 0 Å². The molecule has 124 valence electrons. The van der Waals surface area contributed by atoms with Crippen molar-refractivity contribution in [2.24, 2.45) is 17.8 Å². The van der Waals surface area contributed by atoms with Gasteiger partial charge < -0.3 is 5.11 Å². The van der Waals surface area contributed by atoms with E-state index in [-0.39, 0.29) is 5.92 Å². The summed E-state index contributed by atoms with van der Waals surface area (Å²) < 4.78 is 14.4. The van der Waals surface area contributed by atoms with Crippen molar-refractivity contribution in [2.75, 3.05) is 0 Å². The maximum absolute atomic E-state index is 14.4. The van der Waals surface area contributed by atoms with Gasteiger partial charge in [0.1, 0.15) is 14.0 Å². The highest BCUT2D eigenvalue weighted by atomic mass is 35.5. The zero-order chi connectivity index (χ0) is 15.7. The summed E-state index contributed by atoms with van der Waals surface area (Å²) >= 11 is 6.04. The van der Waals surface area contributed by atoms with Gasteiger partial charge in [-0.25, -0.2) is 4.39 Å². The normalized spacial score (nSPS) is 47.0. The van der Waals surface area contributed by atoms with Crippen molar-refractivity contribution < 1.29 is 9.50 Å². The summed E-state index contributed by atoms with van der Waals surface area (Å²) in [5.41, 5.74) is 1.28. The number of aliphatic hydroxyl groups excluding tert-OH is 1. The lowest BCUT2D eigenvalue weighted by molar-refractivity contribution is 0.0623. The van der Waals surface area contributed by atoms with Gasteiger partial charge in [-0.1, -0.05) is 43.1 Å². The molecule has 0 spiro atoms. The monoisotopic (exact) mass is 326 g/mol. The standard InChI is InChI=1S/C18H29BClFO/c19-14-7-5-12(6-8-14)11-1-3-13(4-2-11)15-9-10-16(22)17(20)18(15)21/h3,11-12,14-18,22H,1-2,4-10,19H2. The second-order valence-electron chi connectivity index (χ2n) is 7.97. The minimum atomic E-state index is -1.08. The van der Waals surface area contributed by atoms with Gasteiger partial charge in [0.25, 0.3) is 0 Å². The van der Waals surface area contributed by atoms with E-state index in [1.165, 1.54) is 37.7 Å². The Morgan fingerprint density at radius 3 is 2.41 bits per heavy atom. The lowest BCUT2D eigenvalue weighted by Gasteiger charge is -2.39. The second kappa shape index (κ2) is 7.26. The van der Waals surface area contributed by atoms with E-state index in [0.29, 0.717) is 6.42 Å². The molecule has 22 heavy (non-hydrogen) atoms. The number of alkyl halides is 2. The first kappa shape index (κ1) is 16.8. The maximum atomic E-state index is 14.4. The summed E-state index contributed by atoms with van der Waals surface area (Å²) in [4.78, 5) is 0. The van der Waals surface area contributed by atoms with Crippen LogP contribution in [0.1, 0.15) is 57.8 Å². The first-order valence-electron chi connectivity index (χ1n) is 9.21. The molecule has 0 saturated heterocycles. The van der Waals surface area contributed by atoms with Crippen LogP contribution in [0.15, 0.2) is 11.6 Å². The molecule has 2 fully saturated rings. The Hall–Kier alpha value is -0.0151. The molecule has 1 N–H and O–H groups in total. The quantitative estimate of drug-likeness (QED) is 0.461. The Morgan fingerprint density at radius 1 is 1.05 bits per heavy atom. The van der Waals surface area contributed by atoms with E-state index in [0.717, 1.165) is 36.9 Å². The molecule has 3 rings (SSSR count). The fraction of sp³-hybridized carbons (Fsp3) is 0.889. The van der Waals surface area contributed by atoms with E-state index in [1.807, 2.05) is 0 Å². The predicted octanol–water partition coefficient (Wildman–Crippen LogP) is 4.04. The average Bonchev–Trinajstić information content (AvgIpc) is 2.54. The summed E-state index contributed by atoms with van der Waals surface area (Å²) in [6, 6.07) is 0. The highest BCUT2D eigenvalue weighted by Gasteiger charge is 2.40. The van der Waals surface area contributed by atoms with E-state index >= 15 is 0 Å². The fourth-order valence-corrected chi connectivity index (χ4v) is 5.19. The van der Waals surface area contributed by atoms with Gasteiger partial charge in [0.2, 0.25) is 0 Å². The Labute approximate surface area is 140 Å². The van der Waals surface area contributed by atoms with Crippen LogP contribution < -0.4 is 0 Å². The van der Waals surface area contributed by atoms with Gasteiger partial charge >= 0.3 is 0 Å². The largest absolute Gasteiger partial charge is 0.391 e.